The minimum atomic E-state index is -1.21. The van der Waals surface area contributed by atoms with E-state index in [-0.39, 0.29) is 19.0 Å². The molecule has 2 aliphatic heterocycles. The molecule has 0 radical (unpaired) electrons. The van der Waals surface area contributed by atoms with E-state index in [0.717, 1.165) is 26.4 Å². The molecule has 7 heteroatoms. The molecule has 2 saturated heterocycles. The second-order valence-corrected chi connectivity index (χ2v) is 3.75. The summed E-state index contributed by atoms with van der Waals surface area (Å²) in [7, 11) is 0. The number of carbonyl (C=O) groups is 1. The standard InChI is InChI=1S/C6H10O3.C5H8O4/c1(5-3-8-5)7-2-6-4-9-6;1-4(5(7)8)9-3-2-6/h5-6H,1-4H2;6H,1-3H2,(H,7,8). The van der Waals surface area contributed by atoms with Crippen molar-refractivity contribution in [3.63, 3.8) is 0 Å². The van der Waals surface area contributed by atoms with Gasteiger partial charge >= 0.3 is 5.97 Å². The summed E-state index contributed by atoms with van der Waals surface area (Å²) in [5.41, 5.74) is 0. The van der Waals surface area contributed by atoms with Crippen molar-refractivity contribution in [2.45, 2.75) is 12.2 Å². The van der Waals surface area contributed by atoms with E-state index in [1.807, 2.05) is 0 Å². The van der Waals surface area contributed by atoms with Crippen LogP contribution in [0.2, 0.25) is 0 Å². The Morgan fingerprint density at radius 3 is 2.11 bits per heavy atom. The maximum atomic E-state index is 9.90. The topological polar surface area (TPSA) is 101 Å². The number of carboxylic acids is 1. The summed E-state index contributed by atoms with van der Waals surface area (Å²) in [6, 6.07) is 0. The molecule has 2 heterocycles. The third-order valence-corrected chi connectivity index (χ3v) is 2.02. The normalized spacial score (nSPS) is 23.6. The first-order valence-electron chi connectivity index (χ1n) is 5.60. The van der Waals surface area contributed by atoms with Crippen LogP contribution in [0.3, 0.4) is 0 Å². The van der Waals surface area contributed by atoms with E-state index in [9.17, 15) is 4.79 Å². The highest BCUT2D eigenvalue weighted by molar-refractivity contribution is 5.83. The molecule has 0 aromatic rings. The van der Waals surface area contributed by atoms with Crippen molar-refractivity contribution in [3.8, 4) is 0 Å². The molecule has 2 atom stereocenters. The van der Waals surface area contributed by atoms with Crippen LogP contribution >= 0.6 is 0 Å². The molecule has 0 bridgehead atoms. The SMILES string of the molecule is C(OCC1CO1)C1CO1.C=C(OCCO)C(=O)O. The number of aliphatic carboxylic acids is 1. The first kappa shape index (κ1) is 14.9. The fraction of sp³-hybridized carbons (Fsp3) is 0.727. The summed E-state index contributed by atoms with van der Waals surface area (Å²) < 4.78 is 19.5. The molecule has 2 unspecified atom stereocenters. The quantitative estimate of drug-likeness (QED) is 0.342. The zero-order valence-electron chi connectivity index (χ0n) is 10.0. The molecule has 2 aliphatic rings. The maximum Gasteiger partial charge on any atom is 0.370 e. The molecule has 2 N–H and O–H groups in total. The Morgan fingerprint density at radius 1 is 1.28 bits per heavy atom. The van der Waals surface area contributed by atoms with E-state index >= 15 is 0 Å². The van der Waals surface area contributed by atoms with Crippen molar-refractivity contribution in [2.24, 2.45) is 0 Å². The van der Waals surface area contributed by atoms with Crippen LogP contribution in [-0.4, -0.2) is 68.0 Å². The van der Waals surface area contributed by atoms with Crippen molar-refractivity contribution >= 4 is 5.97 Å². The number of ether oxygens (including phenoxy) is 4. The molecule has 7 nitrogen and oxygen atoms in total. The summed E-state index contributed by atoms with van der Waals surface area (Å²) in [5.74, 6) is -1.55. The zero-order valence-corrected chi connectivity index (χ0v) is 10.0. The van der Waals surface area contributed by atoms with Crippen molar-refractivity contribution in [1.82, 2.24) is 0 Å². The van der Waals surface area contributed by atoms with E-state index in [0.29, 0.717) is 12.2 Å². The van der Waals surface area contributed by atoms with Gasteiger partial charge in [0.2, 0.25) is 0 Å². The van der Waals surface area contributed by atoms with Crippen LogP contribution in [0.4, 0.5) is 0 Å². The van der Waals surface area contributed by atoms with E-state index in [2.05, 4.69) is 11.3 Å². The molecule has 0 saturated carbocycles. The molecule has 0 spiro atoms. The Bertz CT molecular complexity index is 259. The highest BCUT2D eigenvalue weighted by Gasteiger charge is 2.26. The first-order valence-corrected chi connectivity index (χ1v) is 5.60. The van der Waals surface area contributed by atoms with Crippen LogP contribution in [0.1, 0.15) is 0 Å². The van der Waals surface area contributed by atoms with Gasteiger partial charge in [-0.15, -0.1) is 0 Å². The van der Waals surface area contributed by atoms with Crippen LogP contribution in [0, 0.1) is 0 Å². The van der Waals surface area contributed by atoms with Gasteiger partial charge in [-0.2, -0.15) is 0 Å². The number of hydrogen-bond donors (Lipinski definition) is 2. The van der Waals surface area contributed by atoms with Gasteiger partial charge in [0.25, 0.3) is 0 Å². The molecule has 2 fully saturated rings. The highest BCUT2D eigenvalue weighted by atomic mass is 16.6. The van der Waals surface area contributed by atoms with Gasteiger partial charge in [-0.25, -0.2) is 4.79 Å². The summed E-state index contributed by atoms with van der Waals surface area (Å²) in [5, 5.41) is 16.2. The lowest BCUT2D eigenvalue weighted by Gasteiger charge is -2.00. The summed E-state index contributed by atoms with van der Waals surface area (Å²) in [4.78, 5) is 9.90. The average molecular weight is 262 g/mol. The van der Waals surface area contributed by atoms with Crippen molar-refractivity contribution in [1.29, 1.82) is 0 Å². The molecule has 18 heavy (non-hydrogen) atoms. The van der Waals surface area contributed by atoms with Gasteiger partial charge in [0.1, 0.15) is 18.8 Å². The number of aliphatic hydroxyl groups excluding tert-OH is 1. The molecule has 0 aromatic heterocycles. The van der Waals surface area contributed by atoms with Gasteiger partial charge in [-0.1, -0.05) is 0 Å². The smallest absolute Gasteiger partial charge is 0.370 e. The Hall–Kier alpha value is -1.15. The molecule has 0 aliphatic carbocycles. The summed E-state index contributed by atoms with van der Waals surface area (Å²) in [6.45, 7) is 6.09. The minimum Gasteiger partial charge on any atom is -0.485 e. The molecular formula is C11H18O7. The van der Waals surface area contributed by atoms with Gasteiger partial charge in [0, 0.05) is 0 Å². The minimum absolute atomic E-state index is 0.0227. The third-order valence-electron chi connectivity index (χ3n) is 2.02. The summed E-state index contributed by atoms with van der Waals surface area (Å²) >= 11 is 0. The lowest BCUT2D eigenvalue weighted by atomic mass is 10.5. The average Bonchev–Trinajstić information content (AvgIpc) is 3.20. The zero-order chi connectivity index (χ0) is 13.4. The lowest BCUT2D eigenvalue weighted by molar-refractivity contribution is -0.136. The van der Waals surface area contributed by atoms with Gasteiger partial charge in [0.05, 0.1) is 33.0 Å². The maximum absolute atomic E-state index is 9.90. The van der Waals surface area contributed by atoms with E-state index in [4.69, 9.17) is 24.4 Å². The first-order chi connectivity index (χ1) is 8.63. The number of rotatable bonds is 8. The Labute approximate surface area is 105 Å². The van der Waals surface area contributed by atoms with Crippen LogP contribution in [-0.2, 0) is 23.7 Å². The Morgan fingerprint density at radius 2 is 1.78 bits per heavy atom. The van der Waals surface area contributed by atoms with E-state index in [1.54, 1.807) is 0 Å². The van der Waals surface area contributed by atoms with Gasteiger partial charge in [-0.3, -0.25) is 0 Å². The molecule has 0 aromatic carbocycles. The van der Waals surface area contributed by atoms with E-state index in [1.165, 1.54) is 0 Å². The third kappa shape index (κ3) is 8.02. The Kier molecular flexibility index (Phi) is 6.66. The molecule has 104 valence electrons. The number of aliphatic hydroxyl groups is 1. The number of epoxide rings is 2. The van der Waals surface area contributed by atoms with Gasteiger partial charge < -0.3 is 29.2 Å². The van der Waals surface area contributed by atoms with Crippen LogP contribution in [0.15, 0.2) is 12.3 Å². The van der Waals surface area contributed by atoms with Crippen LogP contribution < -0.4 is 0 Å². The monoisotopic (exact) mass is 262 g/mol. The lowest BCUT2D eigenvalue weighted by Crippen LogP contribution is -2.06. The predicted octanol–water partition coefficient (Wildman–Crippen LogP) is -0.606. The molecular weight excluding hydrogens is 244 g/mol. The van der Waals surface area contributed by atoms with Gasteiger partial charge in [-0.05, 0) is 6.58 Å². The molecule has 2 rings (SSSR count). The van der Waals surface area contributed by atoms with Crippen molar-refractivity contribution < 1.29 is 34.0 Å². The van der Waals surface area contributed by atoms with Crippen molar-refractivity contribution in [3.05, 3.63) is 12.3 Å². The fourth-order valence-electron chi connectivity index (χ4n) is 0.890. The number of carboxylic acid groups (broad SMARTS) is 1. The van der Waals surface area contributed by atoms with E-state index < -0.39 is 5.97 Å². The Balaban J connectivity index is 0.000000180. The predicted molar refractivity (Wildman–Crippen MR) is 60.1 cm³/mol. The second kappa shape index (κ2) is 8.04. The largest absolute Gasteiger partial charge is 0.485 e. The fourth-order valence-corrected chi connectivity index (χ4v) is 0.890. The molecule has 0 amide bonds. The van der Waals surface area contributed by atoms with Crippen molar-refractivity contribution in [2.75, 3.05) is 39.6 Å². The number of hydrogen-bond acceptors (Lipinski definition) is 6. The van der Waals surface area contributed by atoms with Crippen LogP contribution in [0.25, 0.3) is 0 Å². The van der Waals surface area contributed by atoms with Gasteiger partial charge in [0.15, 0.2) is 5.76 Å². The highest BCUT2D eigenvalue weighted by Crippen LogP contribution is 2.12. The van der Waals surface area contributed by atoms with Crippen LogP contribution in [0.5, 0.6) is 0 Å². The second-order valence-electron chi connectivity index (χ2n) is 3.75. The summed E-state index contributed by atoms with van der Waals surface area (Å²) in [6.07, 6.45) is 0.785.